The maximum Gasteiger partial charge on any atom is 0.332 e. The fraction of sp³-hybridized carbons (Fsp3) is 0.367. The molecule has 67 heavy (non-hydrogen) atoms. The second-order valence-corrected chi connectivity index (χ2v) is 18.4. The van der Waals surface area contributed by atoms with Crippen LogP contribution in [0.4, 0.5) is 28.1 Å². The van der Waals surface area contributed by atoms with E-state index in [1.807, 2.05) is 76.2 Å². The molecular formula is C49H55ClN10O6S. The predicted molar refractivity (Wildman–Crippen MR) is 262 cm³/mol. The number of fused-ring (bicyclic) bond motifs is 1. The van der Waals surface area contributed by atoms with E-state index in [1.165, 1.54) is 23.6 Å². The van der Waals surface area contributed by atoms with E-state index in [9.17, 15) is 19.2 Å². The van der Waals surface area contributed by atoms with Crippen LogP contribution in [-0.2, 0) is 30.3 Å². The number of piperazine rings is 1. The molecule has 0 radical (unpaired) electrons. The van der Waals surface area contributed by atoms with Crippen molar-refractivity contribution in [2.24, 2.45) is 5.92 Å². The molecule has 16 nitrogen and oxygen atoms in total. The molecule has 18 heteroatoms. The first-order chi connectivity index (χ1) is 32.4. The van der Waals surface area contributed by atoms with Crippen LogP contribution in [0.2, 0.25) is 5.02 Å². The number of anilines is 5. The third kappa shape index (κ3) is 11.9. The number of aromatic nitrogens is 4. The van der Waals surface area contributed by atoms with Gasteiger partial charge in [0.05, 0.1) is 29.1 Å². The van der Waals surface area contributed by atoms with Crippen molar-refractivity contribution in [2.45, 2.75) is 53.4 Å². The Labute approximate surface area is 398 Å². The number of para-hydroxylation sites is 2. The SMILES string of the molecule is Cc1nc(Nc2ncc(C(=O)Nc3c(C)cccc3Cl)s2)cc(N2CCN(CCOC(=O)/C=C/N3CCC(COC(=O)CCc4c(C)[nH]c(/C=C5/C(=O)Nc6ccccc65)c4C)CC3)CC2)n1. The van der Waals surface area contributed by atoms with Crippen molar-refractivity contribution >= 4 is 86.5 Å². The second-order valence-electron chi connectivity index (χ2n) is 17.0. The number of H-pyrrole nitrogens is 1. The number of aryl methyl sites for hydroxylation is 3. The van der Waals surface area contributed by atoms with E-state index >= 15 is 0 Å². The molecule has 350 valence electrons. The van der Waals surface area contributed by atoms with E-state index in [1.54, 1.807) is 12.3 Å². The minimum absolute atomic E-state index is 0.126. The van der Waals surface area contributed by atoms with Gasteiger partial charge >= 0.3 is 11.9 Å². The Hall–Kier alpha value is -6.56. The van der Waals surface area contributed by atoms with Crippen LogP contribution < -0.4 is 20.9 Å². The van der Waals surface area contributed by atoms with Crippen LogP contribution in [0.15, 0.2) is 67.0 Å². The summed E-state index contributed by atoms with van der Waals surface area (Å²) in [7, 11) is 0. The monoisotopic (exact) mass is 946 g/mol. The Balaban J connectivity index is 0.701. The number of amides is 2. The zero-order valence-electron chi connectivity index (χ0n) is 38.1. The van der Waals surface area contributed by atoms with Crippen LogP contribution in [0.5, 0.6) is 0 Å². The highest BCUT2D eigenvalue weighted by Gasteiger charge is 2.26. The standard InChI is InChI=1S/C49H55ClN10O6S/c1-30-8-7-10-38(50)46(30)57-48(64)41-28-51-49(67-41)56-42-27-43(54-33(4)53-42)60-22-20-59(21-23-60)24-25-65-45(62)16-19-58-17-14-34(15-18-58)29-66-44(61)13-12-35-31(2)40(52-32(35)3)26-37-36-9-5-6-11-39(36)55-47(37)63/h5-11,16,19,26-28,34,52H,12-15,17-18,20-25,29H2,1-4H3,(H,55,63)(H,57,64)(H,51,53,54,56)/b19-16+,37-26+. The highest BCUT2D eigenvalue weighted by Crippen LogP contribution is 2.34. The number of halogens is 1. The summed E-state index contributed by atoms with van der Waals surface area (Å²) in [6.45, 7) is 13.6. The summed E-state index contributed by atoms with van der Waals surface area (Å²) in [5.74, 6) is 1.23. The van der Waals surface area contributed by atoms with Gasteiger partial charge in [-0.2, -0.15) is 0 Å². The number of nitrogens with zero attached hydrogens (tertiary/aromatic N) is 6. The molecule has 2 aromatic carbocycles. The summed E-state index contributed by atoms with van der Waals surface area (Å²) in [6.07, 6.45) is 9.22. The van der Waals surface area contributed by atoms with Crippen LogP contribution in [0.1, 0.15) is 68.4 Å². The summed E-state index contributed by atoms with van der Waals surface area (Å²) >= 11 is 7.52. The van der Waals surface area contributed by atoms with E-state index in [0.29, 0.717) is 64.1 Å². The first-order valence-corrected chi connectivity index (χ1v) is 23.7. The van der Waals surface area contributed by atoms with Crippen molar-refractivity contribution in [2.75, 3.05) is 79.9 Å². The number of benzene rings is 2. The minimum Gasteiger partial charge on any atom is -0.465 e. The highest BCUT2D eigenvalue weighted by molar-refractivity contribution is 7.17. The fourth-order valence-electron chi connectivity index (χ4n) is 8.52. The number of ether oxygens (including phenoxy) is 2. The molecule has 2 saturated heterocycles. The molecule has 0 saturated carbocycles. The molecule has 0 spiro atoms. The van der Waals surface area contributed by atoms with E-state index in [2.05, 4.69) is 50.6 Å². The average molecular weight is 948 g/mol. The van der Waals surface area contributed by atoms with Crippen LogP contribution in [0.3, 0.4) is 0 Å². The molecule has 3 aliphatic rings. The lowest BCUT2D eigenvalue weighted by molar-refractivity contribution is -0.145. The molecule has 2 fully saturated rings. The Morgan fingerprint density at radius 1 is 0.970 bits per heavy atom. The first kappa shape index (κ1) is 47.0. The maximum atomic E-state index is 12.9. The summed E-state index contributed by atoms with van der Waals surface area (Å²) < 4.78 is 11.3. The molecule has 0 aliphatic carbocycles. The van der Waals surface area contributed by atoms with Gasteiger partial charge in [0, 0.05) is 93.2 Å². The number of esters is 2. The Kier molecular flexibility index (Phi) is 15.0. The molecule has 0 unspecified atom stereocenters. The fourth-order valence-corrected chi connectivity index (χ4v) is 9.51. The molecule has 6 heterocycles. The van der Waals surface area contributed by atoms with E-state index < -0.39 is 0 Å². The van der Waals surface area contributed by atoms with Crippen molar-refractivity contribution in [3.8, 4) is 0 Å². The number of carbonyl (C=O) groups excluding carboxylic acids is 4. The van der Waals surface area contributed by atoms with E-state index in [-0.39, 0.29) is 36.1 Å². The van der Waals surface area contributed by atoms with E-state index in [4.69, 9.17) is 21.1 Å². The number of nitrogens with one attached hydrogen (secondary N) is 4. The summed E-state index contributed by atoms with van der Waals surface area (Å²) in [5, 5.41) is 10.0. The van der Waals surface area contributed by atoms with Gasteiger partial charge in [-0.05, 0) is 87.8 Å². The van der Waals surface area contributed by atoms with Gasteiger partial charge in [0.25, 0.3) is 11.8 Å². The first-order valence-electron chi connectivity index (χ1n) is 22.5. The quantitative estimate of drug-likeness (QED) is 0.0558. The van der Waals surface area contributed by atoms with Crippen LogP contribution in [-0.4, -0.2) is 113 Å². The van der Waals surface area contributed by atoms with Crippen molar-refractivity contribution in [1.29, 1.82) is 0 Å². The number of likely N-dealkylation sites (tertiary alicyclic amines) is 1. The third-order valence-electron chi connectivity index (χ3n) is 12.4. The number of aromatic amines is 1. The van der Waals surface area contributed by atoms with E-state index in [0.717, 1.165) is 97.3 Å². The highest BCUT2D eigenvalue weighted by atomic mass is 35.5. The molecule has 0 atom stereocenters. The number of hydrogen-bond donors (Lipinski definition) is 4. The van der Waals surface area contributed by atoms with Gasteiger partial charge < -0.3 is 40.2 Å². The van der Waals surface area contributed by atoms with Gasteiger partial charge in [-0.25, -0.2) is 19.7 Å². The number of hydrogen-bond acceptors (Lipinski definition) is 14. The molecule has 3 aliphatic heterocycles. The van der Waals surface area contributed by atoms with Gasteiger partial charge in [0.1, 0.15) is 28.9 Å². The normalized spacial score (nSPS) is 16.1. The summed E-state index contributed by atoms with van der Waals surface area (Å²) in [6, 6.07) is 15.0. The number of thiazole rings is 1. The molecule has 0 bridgehead atoms. The van der Waals surface area contributed by atoms with Crippen molar-refractivity contribution in [1.82, 2.24) is 29.7 Å². The predicted octanol–water partition coefficient (Wildman–Crippen LogP) is 7.70. The average Bonchev–Trinajstić information content (AvgIpc) is 3.99. The van der Waals surface area contributed by atoms with Gasteiger partial charge in [-0.15, -0.1) is 0 Å². The lowest BCUT2D eigenvalue weighted by atomic mass is 9.98. The van der Waals surface area contributed by atoms with Crippen molar-refractivity contribution in [3.63, 3.8) is 0 Å². The Morgan fingerprint density at radius 2 is 1.76 bits per heavy atom. The minimum atomic E-state index is -0.374. The van der Waals surface area contributed by atoms with Crippen molar-refractivity contribution < 1.29 is 28.7 Å². The third-order valence-corrected chi connectivity index (χ3v) is 13.6. The number of rotatable bonds is 16. The lowest BCUT2D eigenvalue weighted by Crippen LogP contribution is -2.47. The topological polar surface area (TPSA) is 187 Å². The molecule has 5 aromatic rings. The number of carbonyl (C=O) groups is 4. The molecule has 2 amide bonds. The largest absolute Gasteiger partial charge is 0.465 e. The number of piperidine rings is 1. The van der Waals surface area contributed by atoms with Crippen LogP contribution in [0.25, 0.3) is 11.6 Å². The maximum absolute atomic E-state index is 12.9. The zero-order valence-corrected chi connectivity index (χ0v) is 39.7. The molecular weight excluding hydrogens is 892 g/mol. The summed E-state index contributed by atoms with van der Waals surface area (Å²) in [5.41, 5.74) is 7.67. The molecule has 4 N–H and O–H groups in total. The van der Waals surface area contributed by atoms with Gasteiger partial charge in [0.15, 0.2) is 5.13 Å². The molecule has 3 aromatic heterocycles. The smallest absolute Gasteiger partial charge is 0.332 e. The Morgan fingerprint density at radius 3 is 2.55 bits per heavy atom. The zero-order chi connectivity index (χ0) is 47.0. The Bertz CT molecular complexity index is 2680. The lowest BCUT2D eigenvalue weighted by Gasteiger charge is -2.35. The summed E-state index contributed by atoms with van der Waals surface area (Å²) in [4.78, 5) is 75.0. The van der Waals surface area contributed by atoms with Gasteiger partial charge in [-0.1, -0.05) is 53.3 Å². The van der Waals surface area contributed by atoms with Gasteiger partial charge in [0.2, 0.25) is 0 Å². The van der Waals surface area contributed by atoms with Crippen LogP contribution >= 0.6 is 22.9 Å². The second kappa shape index (κ2) is 21.4. The van der Waals surface area contributed by atoms with Crippen LogP contribution in [0, 0.1) is 33.6 Å². The molecule has 8 rings (SSSR count). The van der Waals surface area contributed by atoms with Gasteiger partial charge in [-0.3, -0.25) is 19.3 Å². The van der Waals surface area contributed by atoms with Crippen molar-refractivity contribution in [3.05, 3.63) is 116 Å².